The quantitative estimate of drug-likeness (QED) is 0.296. The number of nitrogens with zero attached hydrogens (tertiary/aromatic N) is 1. The lowest BCUT2D eigenvalue weighted by atomic mass is 9.62. The van der Waals surface area contributed by atoms with Gasteiger partial charge in [0.1, 0.15) is 6.04 Å². The molecule has 6 nitrogen and oxygen atoms in total. The summed E-state index contributed by atoms with van der Waals surface area (Å²) >= 11 is 6.23. The normalized spacial score (nSPS) is 22.5. The van der Waals surface area contributed by atoms with Gasteiger partial charge in [0.25, 0.3) is 0 Å². The zero-order valence-corrected chi connectivity index (χ0v) is 23.0. The van der Waals surface area contributed by atoms with Crippen molar-refractivity contribution in [1.29, 1.82) is 0 Å². The third kappa shape index (κ3) is 4.57. The molecule has 5 rings (SSSR count). The predicted molar refractivity (Wildman–Crippen MR) is 150 cm³/mol. The number of benzene rings is 3. The molecule has 1 N–H and O–H groups in total. The standard InChI is InChI=1S/C32H31ClN2O4/c1-31(2)24-16-17-32(31,3)30(39)35(29(24)38)26(18-20-10-6-4-7-11-20)28(37)34-25-15-14-22(33)19-23(25)27(36)21-12-8-5-9-13-21/h4-15,19,24,26H,16-18H2,1-3H3,(H,34,37). The Bertz CT molecular complexity index is 1450. The van der Waals surface area contributed by atoms with Gasteiger partial charge < -0.3 is 5.32 Å². The Labute approximate surface area is 233 Å². The van der Waals surface area contributed by atoms with Crippen molar-refractivity contribution in [3.63, 3.8) is 0 Å². The van der Waals surface area contributed by atoms with Gasteiger partial charge in [-0.15, -0.1) is 0 Å². The minimum atomic E-state index is -1.08. The summed E-state index contributed by atoms with van der Waals surface area (Å²) in [5.41, 5.74) is 0.501. The van der Waals surface area contributed by atoms with E-state index < -0.39 is 22.8 Å². The van der Waals surface area contributed by atoms with Crippen LogP contribution in [0.5, 0.6) is 0 Å². The molecule has 7 heteroatoms. The lowest BCUT2D eigenvalue weighted by Crippen LogP contribution is -2.64. The van der Waals surface area contributed by atoms with Crippen LogP contribution in [-0.4, -0.2) is 34.4 Å². The molecule has 0 radical (unpaired) electrons. The van der Waals surface area contributed by atoms with Crippen LogP contribution in [0.25, 0.3) is 0 Å². The zero-order valence-electron chi connectivity index (χ0n) is 22.2. The van der Waals surface area contributed by atoms with E-state index in [1.165, 1.54) is 11.0 Å². The third-order valence-corrected chi connectivity index (χ3v) is 9.09. The van der Waals surface area contributed by atoms with Crippen molar-refractivity contribution in [2.75, 3.05) is 5.32 Å². The van der Waals surface area contributed by atoms with Crippen LogP contribution in [0.4, 0.5) is 5.69 Å². The van der Waals surface area contributed by atoms with Gasteiger partial charge in [0.2, 0.25) is 17.7 Å². The number of amides is 3. The number of carbonyl (C=O) groups is 4. The average molecular weight is 543 g/mol. The Kier molecular flexibility index (Phi) is 6.93. The van der Waals surface area contributed by atoms with Crippen LogP contribution in [0.3, 0.4) is 0 Å². The number of nitrogens with one attached hydrogen (secondary N) is 1. The maximum atomic E-state index is 14.0. The SMILES string of the molecule is CC12CCC(C(=O)N(C(Cc3ccccc3)C(=O)Nc3ccc(Cl)cc3C(=O)c3ccccc3)C1=O)C2(C)C. The molecule has 1 saturated heterocycles. The van der Waals surface area contributed by atoms with Crippen molar-refractivity contribution < 1.29 is 19.2 Å². The number of hydrogen-bond acceptors (Lipinski definition) is 4. The molecular weight excluding hydrogens is 512 g/mol. The third-order valence-electron chi connectivity index (χ3n) is 8.86. The van der Waals surface area contributed by atoms with E-state index in [4.69, 9.17) is 11.6 Å². The van der Waals surface area contributed by atoms with Gasteiger partial charge >= 0.3 is 0 Å². The van der Waals surface area contributed by atoms with Crippen molar-refractivity contribution in [3.05, 3.63) is 101 Å². The summed E-state index contributed by atoms with van der Waals surface area (Å²) < 4.78 is 0. The number of anilines is 1. The lowest BCUT2D eigenvalue weighted by molar-refractivity contribution is -0.172. The van der Waals surface area contributed by atoms with E-state index in [0.29, 0.717) is 23.4 Å². The summed E-state index contributed by atoms with van der Waals surface area (Å²) in [6.45, 7) is 5.85. The van der Waals surface area contributed by atoms with Crippen LogP contribution >= 0.6 is 11.6 Å². The number of halogens is 1. The van der Waals surface area contributed by atoms with E-state index in [-0.39, 0.29) is 41.2 Å². The van der Waals surface area contributed by atoms with Crippen LogP contribution in [0.15, 0.2) is 78.9 Å². The summed E-state index contributed by atoms with van der Waals surface area (Å²) in [5, 5.41) is 3.21. The molecule has 2 bridgehead atoms. The molecule has 3 atom stereocenters. The molecule has 3 unspecified atom stereocenters. The van der Waals surface area contributed by atoms with Gasteiger partial charge in [0, 0.05) is 28.5 Å². The monoisotopic (exact) mass is 542 g/mol. The highest BCUT2D eigenvalue weighted by Gasteiger charge is 2.65. The van der Waals surface area contributed by atoms with Crippen molar-refractivity contribution in [2.45, 2.75) is 46.1 Å². The summed E-state index contributed by atoms with van der Waals surface area (Å²) in [7, 11) is 0. The van der Waals surface area contributed by atoms with Crippen LogP contribution in [0, 0.1) is 16.7 Å². The number of rotatable bonds is 7. The Morgan fingerprint density at radius 3 is 2.28 bits per heavy atom. The molecule has 1 saturated carbocycles. The van der Waals surface area contributed by atoms with Crippen molar-refractivity contribution >= 4 is 40.8 Å². The van der Waals surface area contributed by atoms with Crippen LogP contribution in [-0.2, 0) is 20.8 Å². The maximum Gasteiger partial charge on any atom is 0.248 e. The highest BCUT2D eigenvalue weighted by molar-refractivity contribution is 6.31. The Balaban J connectivity index is 1.53. The molecular formula is C32H31ClN2O4. The number of fused-ring (bicyclic) bond motifs is 2. The average Bonchev–Trinajstić information content (AvgIpc) is 3.12. The summed E-state index contributed by atoms with van der Waals surface area (Å²) in [6.07, 6.45) is 1.36. The maximum absolute atomic E-state index is 14.0. The zero-order chi connectivity index (χ0) is 27.9. The first-order valence-electron chi connectivity index (χ1n) is 13.2. The van der Waals surface area contributed by atoms with Gasteiger partial charge in [-0.2, -0.15) is 0 Å². The highest BCUT2D eigenvalue weighted by atomic mass is 35.5. The van der Waals surface area contributed by atoms with Gasteiger partial charge in [-0.3, -0.25) is 24.1 Å². The predicted octanol–water partition coefficient (Wildman–Crippen LogP) is 5.93. The molecule has 2 aliphatic rings. The van der Waals surface area contributed by atoms with Gasteiger partial charge in [0.05, 0.1) is 11.1 Å². The number of piperidine rings is 1. The molecule has 1 heterocycles. The Morgan fingerprint density at radius 1 is 0.974 bits per heavy atom. The van der Waals surface area contributed by atoms with Gasteiger partial charge in [0.15, 0.2) is 5.78 Å². The molecule has 3 aromatic rings. The van der Waals surface area contributed by atoms with Gasteiger partial charge in [-0.25, -0.2) is 0 Å². The Morgan fingerprint density at radius 2 is 1.62 bits per heavy atom. The summed E-state index contributed by atoms with van der Waals surface area (Å²) in [6, 6.07) is 21.6. The molecule has 39 heavy (non-hydrogen) atoms. The van der Waals surface area contributed by atoms with Crippen molar-refractivity contribution in [3.8, 4) is 0 Å². The minimum absolute atomic E-state index is 0.156. The van der Waals surface area contributed by atoms with Crippen molar-refractivity contribution in [2.24, 2.45) is 16.7 Å². The number of carbonyl (C=O) groups excluding carboxylic acids is 4. The van der Waals surface area contributed by atoms with Gasteiger partial charge in [-0.05, 0) is 42.0 Å². The second kappa shape index (κ2) is 10.1. The fourth-order valence-corrected chi connectivity index (χ4v) is 6.23. The van der Waals surface area contributed by atoms with E-state index >= 15 is 0 Å². The van der Waals surface area contributed by atoms with E-state index in [1.54, 1.807) is 36.4 Å². The summed E-state index contributed by atoms with van der Waals surface area (Å²) in [4.78, 5) is 56.3. The van der Waals surface area contributed by atoms with Crippen molar-refractivity contribution in [1.82, 2.24) is 4.90 Å². The van der Waals surface area contributed by atoms with Crippen LogP contribution < -0.4 is 5.32 Å². The minimum Gasteiger partial charge on any atom is -0.324 e. The second-order valence-corrected chi connectivity index (χ2v) is 11.7. The van der Waals surface area contributed by atoms with E-state index in [9.17, 15) is 19.2 Å². The molecule has 1 aliphatic heterocycles. The van der Waals surface area contributed by atoms with E-state index in [1.807, 2.05) is 57.2 Å². The topological polar surface area (TPSA) is 83.6 Å². The Hall–Kier alpha value is -3.77. The number of ketones is 1. The molecule has 0 aromatic heterocycles. The first-order valence-corrected chi connectivity index (χ1v) is 13.5. The van der Waals surface area contributed by atoms with E-state index in [2.05, 4.69) is 5.32 Å². The molecule has 2 fully saturated rings. The van der Waals surface area contributed by atoms with Gasteiger partial charge in [-0.1, -0.05) is 93.0 Å². The molecule has 1 aliphatic carbocycles. The smallest absolute Gasteiger partial charge is 0.248 e. The fourth-order valence-electron chi connectivity index (χ4n) is 6.06. The van der Waals surface area contributed by atoms with Crippen LogP contribution in [0.2, 0.25) is 5.02 Å². The van der Waals surface area contributed by atoms with E-state index in [0.717, 1.165) is 5.56 Å². The first-order chi connectivity index (χ1) is 18.5. The molecule has 0 spiro atoms. The molecule has 200 valence electrons. The number of likely N-dealkylation sites (tertiary alicyclic amines) is 1. The van der Waals surface area contributed by atoms with Crippen LogP contribution in [0.1, 0.15) is 55.1 Å². The molecule has 3 aromatic carbocycles. The second-order valence-electron chi connectivity index (χ2n) is 11.2. The lowest BCUT2D eigenvalue weighted by Gasteiger charge is -2.49. The summed E-state index contributed by atoms with van der Waals surface area (Å²) in [5.74, 6) is -1.82. The largest absolute Gasteiger partial charge is 0.324 e. The highest BCUT2D eigenvalue weighted by Crippen LogP contribution is 2.60. The first kappa shape index (κ1) is 26.8. The number of imide groups is 1. The number of hydrogen-bond donors (Lipinski definition) is 1. The fraction of sp³-hybridized carbons (Fsp3) is 0.312. The molecule has 3 amide bonds.